The summed E-state index contributed by atoms with van der Waals surface area (Å²) in [7, 11) is 1.38. The minimum Gasteiger partial charge on any atom is -0.495 e. The molecule has 0 fully saturated rings. The first-order valence-corrected chi connectivity index (χ1v) is 5.06. The van der Waals surface area contributed by atoms with Crippen LogP contribution in [0.15, 0.2) is 17.0 Å². The molecule has 0 bridgehead atoms. The van der Waals surface area contributed by atoms with Crippen LogP contribution in [0, 0.1) is 13.8 Å². The summed E-state index contributed by atoms with van der Waals surface area (Å²) in [6.07, 6.45) is 0. The van der Waals surface area contributed by atoms with Gasteiger partial charge in [-0.15, -0.1) is 0 Å². The molecule has 1 aromatic rings. The van der Waals surface area contributed by atoms with E-state index in [1.54, 1.807) is 13.0 Å². The fourth-order valence-corrected chi connectivity index (χ4v) is 1.94. The van der Waals surface area contributed by atoms with Crippen molar-refractivity contribution in [3.63, 3.8) is 0 Å². The summed E-state index contributed by atoms with van der Waals surface area (Å²) >= 11 is -0.150. The van der Waals surface area contributed by atoms with Crippen LogP contribution in [-0.2, 0) is 0 Å². The number of thioether (sulfide) groups is 1. The van der Waals surface area contributed by atoms with Crippen LogP contribution in [-0.4, -0.2) is 12.6 Å². The highest BCUT2D eigenvalue weighted by Gasteiger charge is 2.31. The number of aryl methyl sites for hydroxylation is 1. The van der Waals surface area contributed by atoms with Gasteiger partial charge in [0.25, 0.3) is 0 Å². The summed E-state index contributed by atoms with van der Waals surface area (Å²) < 4.78 is 41.6. The van der Waals surface area contributed by atoms with Crippen LogP contribution in [0.1, 0.15) is 11.1 Å². The van der Waals surface area contributed by atoms with Gasteiger partial charge in [-0.25, -0.2) is 0 Å². The van der Waals surface area contributed by atoms with Gasteiger partial charge < -0.3 is 4.74 Å². The van der Waals surface area contributed by atoms with Crippen molar-refractivity contribution in [2.45, 2.75) is 24.3 Å². The third kappa shape index (κ3) is 3.06. The molecule has 0 aliphatic rings. The van der Waals surface area contributed by atoms with E-state index >= 15 is 0 Å². The molecule has 0 amide bonds. The smallest absolute Gasteiger partial charge is 0.446 e. The average molecular weight is 236 g/mol. The van der Waals surface area contributed by atoms with Crippen molar-refractivity contribution >= 4 is 11.8 Å². The Kier molecular flexibility index (Phi) is 3.54. The summed E-state index contributed by atoms with van der Waals surface area (Å²) in [5.74, 6) is 0.303. The van der Waals surface area contributed by atoms with Gasteiger partial charge in [0.2, 0.25) is 0 Å². The zero-order valence-corrected chi connectivity index (χ0v) is 9.42. The second-order valence-corrected chi connectivity index (χ2v) is 4.19. The number of alkyl halides is 3. The SMILES string of the molecule is COc1c(SC(F)(F)F)ccc(C)c1C. The van der Waals surface area contributed by atoms with E-state index in [9.17, 15) is 13.2 Å². The maximum Gasteiger partial charge on any atom is 0.446 e. The molecule has 1 rings (SSSR count). The van der Waals surface area contributed by atoms with Gasteiger partial charge in [0, 0.05) is 0 Å². The molecule has 0 spiro atoms. The van der Waals surface area contributed by atoms with Crippen LogP contribution < -0.4 is 4.74 Å². The molecule has 84 valence electrons. The first kappa shape index (κ1) is 12.2. The van der Waals surface area contributed by atoms with Crippen LogP contribution in [0.3, 0.4) is 0 Å². The number of rotatable bonds is 2. The zero-order valence-electron chi connectivity index (χ0n) is 8.61. The predicted molar refractivity (Wildman–Crippen MR) is 54.4 cm³/mol. The highest BCUT2D eigenvalue weighted by atomic mass is 32.2. The van der Waals surface area contributed by atoms with Crippen molar-refractivity contribution in [2.75, 3.05) is 7.11 Å². The fourth-order valence-electron chi connectivity index (χ4n) is 1.22. The maximum absolute atomic E-state index is 12.2. The molecule has 0 aliphatic carbocycles. The molecule has 0 saturated carbocycles. The number of ether oxygens (including phenoxy) is 1. The number of halogens is 3. The van der Waals surface area contributed by atoms with E-state index in [-0.39, 0.29) is 16.7 Å². The van der Waals surface area contributed by atoms with Gasteiger partial charge in [-0.1, -0.05) is 6.07 Å². The third-order valence-electron chi connectivity index (χ3n) is 2.07. The Morgan fingerprint density at radius 2 is 1.80 bits per heavy atom. The fraction of sp³-hybridized carbons (Fsp3) is 0.400. The van der Waals surface area contributed by atoms with Crippen molar-refractivity contribution in [2.24, 2.45) is 0 Å². The Labute approximate surface area is 90.6 Å². The Bertz CT molecular complexity index is 360. The molecule has 0 radical (unpaired) electrons. The summed E-state index contributed by atoms with van der Waals surface area (Å²) in [5.41, 5.74) is -2.63. The van der Waals surface area contributed by atoms with E-state index in [0.29, 0.717) is 5.75 Å². The Morgan fingerprint density at radius 1 is 1.20 bits per heavy atom. The lowest BCUT2D eigenvalue weighted by Gasteiger charge is -2.13. The molecule has 5 heteroatoms. The first-order chi connectivity index (χ1) is 6.85. The molecular weight excluding hydrogens is 225 g/mol. The second kappa shape index (κ2) is 4.35. The average Bonchev–Trinajstić information content (AvgIpc) is 2.10. The van der Waals surface area contributed by atoms with Crippen molar-refractivity contribution < 1.29 is 17.9 Å². The van der Waals surface area contributed by atoms with Crippen molar-refractivity contribution in [1.29, 1.82) is 0 Å². The normalized spacial score (nSPS) is 11.6. The summed E-state index contributed by atoms with van der Waals surface area (Å²) in [6.45, 7) is 3.58. The molecule has 0 unspecified atom stereocenters. The molecule has 0 N–H and O–H groups in total. The second-order valence-electron chi connectivity index (χ2n) is 3.09. The number of benzene rings is 1. The number of hydrogen-bond acceptors (Lipinski definition) is 2. The minimum absolute atomic E-state index is 0.105. The molecule has 0 heterocycles. The molecule has 1 nitrogen and oxygen atoms in total. The van der Waals surface area contributed by atoms with Crippen LogP contribution >= 0.6 is 11.8 Å². The van der Waals surface area contributed by atoms with Crippen LogP contribution in [0.2, 0.25) is 0 Å². The molecule has 15 heavy (non-hydrogen) atoms. The van der Waals surface area contributed by atoms with E-state index in [0.717, 1.165) is 11.1 Å². The van der Waals surface area contributed by atoms with Crippen LogP contribution in [0.4, 0.5) is 13.2 Å². The van der Waals surface area contributed by atoms with Gasteiger partial charge in [-0.2, -0.15) is 13.2 Å². The lowest BCUT2D eigenvalue weighted by Crippen LogP contribution is -2.01. The predicted octanol–water partition coefficient (Wildman–Crippen LogP) is 3.92. The van der Waals surface area contributed by atoms with E-state index in [1.165, 1.54) is 13.2 Å². The van der Waals surface area contributed by atoms with E-state index in [2.05, 4.69) is 0 Å². The summed E-state index contributed by atoms with van der Waals surface area (Å²) in [5, 5.41) is 0. The first-order valence-electron chi connectivity index (χ1n) is 4.25. The van der Waals surface area contributed by atoms with Gasteiger partial charge in [0.1, 0.15) is 5.75 Å². The van der Waals surface area contributed by atoms with E-state index in [4.69, 9.17) is 4.74 Å². The largest absolute Gasteiger partial charge is 0.495 e. The van der Waals surface area contributed by atoms with Crippen molar-refractivity contribution in [3.8, 4) is 5.75 Å². The Morgan fingerprint density at radius 3 is 2.27 bits per heavy atom. The molecule has 0 atom stereocenters. The Balaban J connectivity index is 3.14. The molecule has 0 aromatic heterocycles. The quantitative estimate of drug-likeness (QED) is 0.720. The molecule has 0 saturated heterocycles. The highest BCUT2D eigenvalue weighted by Crippen LogP contribution is 2.43. The third-order valence-corrected chi connectivity index (χ3v) is 2.84. The van der Waals surface area contributed by atoms with Crippen molar-refractivity contribution in [1.82, 2.24) is 0 Å². The number of methoxy groups -OCH3 is 1. The summed E-state index contributed by atoms with van der Waals surface area (Å²) in [4.78, 5) is 0.105. The topological polar surface area (TPSA) is 9.23 Å². The molecular formula is C10H11F3OS. The lowest BCUT2D eigenvalue weighted by molar-refractivity contribution is -0.0328. The van der Waals surface area contributed by atoms with Gasteiger partial charge in [-0.05, 0) is 42.8 Å². The minimum atomic E-state index is -4.28. The van der Waals surface area contributed by atoms with Gasteiger partial charge in [0.05, 0.1) is 12.0 Å². The van der Waals surface area contributed by atoms with Gasteiger partial charge in [-0.3, -0.25) is 0 Å². The lowest BCUT2D eigenvalue weighted by atomic mass is 10.1. The van der Waals surface area contributed by atoms with Gasteiger partial charge in [0.15, 0.2) is 0 Å². The molecule has 0 aliphatic heterocycles. The standard InChI is InChI=1S/C10H11F3OS/c1-6-4-5-8(15-10(11,12)13)9(14-3)7(6)2/h4-5H,1-3H3. The van der Waals surface area contributed by atoms with E-state index < -0.39 is 5.51 Å². The number of hydrogen-bond donors (Lipinski definition) is 0. The zero-order chi connectivity index (χ0) is 11.6. The van der Waals surface area contributed by atoms with Crippen LogP contribution in [0.25, 0.3) is 0 Å². The van der Waals surface area contributed by atoms with Crippen LogP contribution in [0.5, 0.6) is 5.75 Å². The van der Waals surface area contributed by atoms with Crippen molar-refractivity contribution in [3.05, 3.63) is 23.3 Å². The van der Waals surface area contributed by atoms with Gasteiger partial charge >= 0.3 is 5.51 Å². The summed E-state index contributed by atoms with van der Waals surface area (Å²) in [6, 6.07) is 3.09. The highest BCUT2D eigenvalue weighted by molar-refractivity contribution is 8.00. The molecule has 1 aromatic carbocycles. The van der Waals surface area contributed by atoms with E-state index in [1.807, 2.05) is 6.92 Å². The maximum atomic E-state index is 12.2. The Hall–Kier alpha value is -0.840. The monoisotopic (exact) mass is 236 g/mol.